The summed E-state index contributed by atoms with van der Waals surface area (Å²) in [6.07, 6.45) is 3.87. The fraction of sp³-hybridized carbons (Fsp3) is 0.545. The molecule has 2 unspecified atom stereocenters. The fourth-order valence-electron chi connectivity index (χ4n) is 1.76. The number of carbonyl (C=O) groups is 1. The van der Waals surface area contributed by atoms with Gasteiger partial charge in [-0.05, 0) is 12.2 Å². The van der Waals surface area contributed by atoms with E-state index < -0.39 is 10.8 Å². The Kier molecular flexibility index (Phi) is 4.71. The van der Waals surface area contributed by atoms with Gasteiger partial charge < -0.3 is 5.32 Å². The third kappa shape index (κ3) is 3.29. The molecule has 0 aromatic carbocycles. The van der Waals surface area contributed by atoms with E-state index in [0.29, 0.717) is 22.2 Å². The number of rotatable bonds is 4. The second-order valence-corrected chi connectivity index (χ2v) is 6.79. The Morgan fingerprint density at radius 3 is 3.00 bits per heavy atom. The number of nitrogens with zero attached hydrogens (tertiary/aromatic N) is 2. The van der Waals surface area contributed by atoms with Crippen LogP contribution < -0.4 is 5.32 Å². The van der Waals surface area contributed by atoms with Crippen molar-refractivity contribution in [3.63, 3.8) is 0 Å². The van der Waals surface area contributed by atoms with Gasteiger partial charge in [-0.25, -0.2) is 9.97 Å². The van der Waals surface area contributed by atoms with Gasteiger partial charge in [-0.2, -0.15) is 0 Å². The highest BCUT2D eigenvalue weighted by atomic mass is 32.2. The lowest BCUT2D eigenvalue weighted by Crippen LogP contribution is -2.36. The van der Waals surface area contributed by atoms with Gasteiger partial charge in [-0.15, -0.1) is 11.8 Å². The molecule has 1 aromatic rings. The van der Waals surface area contributed by atoms with Gasteiger partial charge in [0.15, 0.2) is 5.69 Å². The van der Waals surface area contributed by atoms with E-state index in [-0.39, 0.29) is 11.9 Å². The monoisotopic (exact) mass is 285 g/mol. The maximum Gasteiger partial charge on any atom is 0.272 e. The third-order valence-electron chi connectivity index (χ3n) is 2.58. The van der Waals surface area contributed by atoms with Crippen molar-refractivity contribution < 1.29 is 9.00 Å². The number of thioether (sulfide) groups is 1. The largest absolute Gasteiger partial charge is 0.347 e. The standard InChI is InChI=1S/C11H15N3O2S2/c1-2-17-11-9(12-4-5-13-11)10(15)14-8-3-6-18(16)7-8/h4-5,8H,2-3,6-7H2,1H3,(H,14,15). The summed E-state index contributed by atoms with van der Waals surface area (Å²) in [6, 6.07) is -0.000170. The minimum absolute atomic E-state index is 0.000170. The van der Waals surface area contributed by atoms with Crippen LogP contribution >= 0.6 is 11.8 Å². The summed E-state index contributed by atoms with van der Waals surface area (Å²) in [5.41, 5.74) is 0.363. The summed E-state index contributed by atoms with van der Waals surface area (Å²) in [6.45, 7) is 2.00. The maximum absolute atomic E-state index is 12.1. The second-order valence-electron chi connectivity index (χ2n) is 3.91. The predicted molar refractivity (Wildman–Crippen MR) is 72.2 cm³/mol. The van der Waals surface area contributed by atoms with Crippen LogP contribution in [0.3, 0.4) is 0 Å². The van der Waals surface area contributed by atoms with E-state index in [0.717, 1.165) is 12.2 Å². The Morgan fingerprint density at radius 2 is 2.33 bits per heavy atom. The molecule has 2 atom stereocenters. The first-order valence-electron chi connectivity index (χ1n) is 5.80. The van der Waals surface area contributed by atoms with Crippen molar-refractivity contribution in [1.82, 2.24) is 15.3 Å². The SMILES string of the molecule is CCSc1nccnc1C(=O)NC1CCS(=O)C1. The van der Waals surface area contributed by atoms with E-state index in [4.69, 9.17) is 0 Å². The Hall–Kier alpha value is -0.950. The van der Waals surface area contributed by atoms with Crippen LogP contribution in [-0.4, -0.2) is 43.4 Å². The number of hydrogen-bond acceptors (Lipinski definition) is 5. The van der Waals surface area contributed by atoms with Gasteiger partial charge in [-0.3, -0.25) is 9.00 Å². The molecule has 0 radical (unpaired) electrons. The van der Waals surface area contributed by atoms with Crippen LogP contribution in [0, 0.1) is 0 Å². The van der Waals surface area contributed by atoms with E-state index >= 15 is 0 Å². The van der Waals surface area contributed by atoms with Crippen molar-refractivity contribution in [1.29, 1.82) is 0 Å². The van der Waals surface area contributed by atoms with E-state index in [2.05, 4.69) is 15.3 Å². The topological polar surface area (TPSA) is 72.0 Å². The van der Waals surface area contributed by atoms with Crippen LogP contribution in [0.4, 0.5) is 0 Å². The molecule has 0 bridgehead atoms. The fourth-order valence-corrected chi connectivity index (χ4v) is 3.86. The Morgan fingerprint density at radius 1 is 1.56 bits per heavy atom. The first-order chi connectivity index (χ1) is 8.70. The molecule has 7 heteroatoms. The number of amides is 1. The molecule has 0 spiro atoms. The van der Waals surface area contributed by atoms with Crippen LogP contribution in [0.15, 0.2) is 17.4 Å². The molecule has 98 valence electrons. The number of hydrogen-bond donors (Lipinski definition) is 1. The highest BCUT2D eigenvalue weighted by molar-refractivity contribution is 7.99. The molecule has 1 amide bonds. The van der Waals surface area contributed by atoms with Crippen molar-refractivity contribution in [2.45, 2.75) is 24.4 Å². The maximum atomic E-state index is 12.1. The average molecular weight is 285 g/mol. The predicted octanol–water partition coefficient (Wildman–Crippen LogP) is 0.839. The molecule has 18 heavy (non-hydrogen) atoms. The molecular formula is C11H15N3O2S2. The average Bonchev–Trinajstić information content (AvgIpc) is 2.76. The molecule has 0 saturated carbocycles. The summed E-state index contributed by atoms with van der Waals surface area (Å²) >= 11 is 1.49. The summed E-state index contributed by atoms with van der Waals surface area (Å²) in [7, 11) is -0.790. The zero-order chi connectivity index (χ0) is 13.0. The molecule has 1 fully saturated rings. The number of nitrogens with one attached hydrogen (secondary N) is 1. The normalized spacial score (nSPS) is 22.9. The van der Waals surface area contributed by atoms with Gasteiger partial charge in [0.25, 0.3) is 5.91 Å². The second kappa shape index (κ2) is 6.29. The zero-order valence-electron chi connectivity index (χ0n) is 10.1. The van der Waals surface area contributed by atoms with Crippen molar-refractivity contribution >= 4 is 28.5 Å². The summed E-state index contributed by atoms with van der Waals surface area (Å²) in [4.78, 5) is 20.3. The summed E-state index contributed by atoms with van der Waals surface area (Å²) in [5, 5.41) is 3.53. The van der Waals surface area contributed by atoms with Gasteiger partial charge in [0.1, 0.15) is 5.03 Å². The van der Waals surface area contributed by atoms with Crippen LogP contribution in [0.25, 0.3) is 0 Å². The molecule has 2 heterocycles. The van der Waals surface area contributed by atoms with Gasteiger partial charge in [0, 0.05) is 40.7 Å². The van der Waals surface area contributed by atoms with Crippen molar-refractivity contribution in [3.8, 4) is 0 Å². The van der Waals surface area contributed by atoms with Crippen LogP contribution in [0.5, 0.6) is 0 Å². The first-order valence-corrected chi connectivity index (χ1v) is 8.27. The van der Waals surface area contributed by atoms with Crippen LogP contribution in [0.2, 0.25) is 0 Å². The Labute approximate surface area is 113 Å². The Balaban J connectivity index is 2.06. The van der Waals surface area contributed by atoms with Crippen molar-refractivity contribution in [3.05, 3.63) is 18.1 Å². The van der Waals surface area contributed by atoms with E-state index in [1.165, 1.54) is 18.0 Å². The molecule has 5 nitrogen and oxygen atoms in total. The van der Waals surface area contributed by atoms with E-state index in [1.54, 1.807) is 6.20 Å². The van der Waals surface area contributed by atoms with Crippen LogP contribution in [0.1, 0.15) is 23.8 Å². The molecule has 1 aliphatic rings. The number of aromatic nitrogens is 2. The van der Waals surface area contributed by atoms with Gasteiger partial charge >= 0.3 is 0 Å². The first kappa shape index (κ1) is 13.5. The zero-order valence-corrected chi connectivity index (χ0v) is 11.7. The summed E-state index contributed by atoms with van der Waals surface area (Å²) in [5.74, 6) is 1.83. The minimum atomic E-state index is -0.790. The van der Waals surface area contributed by atoms with Crippen molar-refractivity contribution in [2.75, 3.05) is 17.3 Å². The lowest BCUT2D eigenvalue weighted by molar-refractivity contribution is 0.0932. The molecule has 1 aliphatic heterocycles. The quantitative estimate of drug-likeness (QED) is 0.830. The molecule has 1 aromatic heterocycles. The summed E-state index contributed by atoms with van der Waals surface area (Å²) < 4.78 is 11.3. The van der Waals surface area contributed by atoms with Crippen molar-refractivity contribution in [2.24, 2.45) is 0 Å². The van der Waals surface area contributed by atoms with E-state index in [1.807, 2.05) is 6.92 Å². The van der Waals surface area contributed by atoms with E-state index in [9.17, 15) is 9.00 Å². The molecule has 2 rings (SSSR count). The van der Waals surface area contributed by atoms with Gasteiger partial charge in [-0.1, -0.05) is 6.92 Å². The van der Waals surface area contributed by atoms with Gasteiger partial charge in [0.05, 0.1) is 0 Å². The lowest BCUT2D eigenvalue weighted by atomic mass is 10.2. The third-order valence-corrected chi connectivity index (χ3v) is 4.90. The molecule has 1 N–H and O–H groups in total. The molecule has 0 aliphatic carbocycles. The minimum Gasteiger partial charge on any atom is -0.347 e. The number of carbonyl (C=O) groups excluding carboxylic acids is 1. The highest BCUT2D eigenvalue weighted by Crippen LogP contribution is 2.18. The Bertz CT molecular complexity index is 467. The highest BCUT2D eigenvalue weighted by Gasteiger charge is 2.24. The molecule has 1 saturated heterocycles. The lowest BCUT2D eigenvalue weighted by Gasteiger charge is -2.11. The smallest absolute Gasteiger partial charge is 0.272 e. The molecular weight excluding hydrogens is 270 g/mol. The van der Waals surface area contributed by atoms with Gasteiger partial charge in [0.2, 0.25) is 0 Å². The van der Waals surface area contributed by atoms with Crippen LogP contribution in [-0.2, 0) is 10.8 Å².